The maximum absolute atomic E-state index is 13.0. The third-order valence-electron chi connectivity index (χ3n) is 4.84. The van der Waals surface area contributed by atoms with Crippen molar-refractivity contribution < 1.29 is 14.3 Å². The highest BCUT2D eigenvalue weighted by atomic mass is 32.1. The summed E-state index contributed by atoms with van der Waals surface area (Å²) in [5.74, 6) is -0.869. The van der Waals surface area contributed by atoms with Crippen LogP contribution in [0.5, 0.6) is 0 Å². The molecule has 1 amide bonds. The summed E-state index contributed by atoms with van der Waals surface area (Å²) in [6.07, 6.45) is 1.50. The van der Waals surface area contributed by atoms with Gasteiger partial charge in [0, 0.05) is 17.3 Å². The summed E-state index contributed by atoms with van der Waals surface area (Å²) in [6.45, 7) is 3.62. The first-order chi connectivity index (χ1) is 17.0. The number of aromatic nitrogens is 1. The number of amides is 1. The van der Waals surface area contributed by atoms with Gasteiger partial charge in [0.1, 0.15) is 21.7 Å². The minimum Gasteiger partial charge on any atom is -0.462 e. The van der Waals surface area contributed by atoms with Crippen molar-refractivity contribution in [1.29, 1.82) is 5.26 Å². The van der Waals surface area contributed by atoms with Crippen LogP contribution in [-0.2, 0) is 4.74 Å². The molecule has 4 aromatic rings. The van der Waals surface area contributed by atoms with E-state index >= 15 is 0 Å². The topological polar surface area (TPSA) is 104 Å². The molecule has 0 aliphatic rings. The second kappa shape index (κ2) is 11.1. The van der Waals surface area contributed by atoms with Crippen LogP contribution in [0.4, 0.5) is 10.7 Å². The van der Waals surface area contributed by atoms with Gasteiger partial charge in [-0.1, -0.05) is 24.3 Å². The number of anilines is 2. The lowest BCUT2D eigenvalue weighted by Gasteiger charge is -2.06. The average molecular weight is 521 g/mol. The smallest absolute Gasteiger partial charge is 0.341 e. The van der Waals surface area contributed by atoms with Gasteiger partial charge in [-0.25, -0.2) is 9.78 Å². The van der Waals surface area contributed by atoms with Crippen molar-refractivity contribution in [2.45, 2.75) is 13.8 Å². The molecule has 0 spiro atoms. The lowest BCUT2D eigenvalue weighted by Crippen LogP contribution is -2.12. The van der Waals surface area contributed by atoms with Gasteiger partial charge in [0.25, 0.3) is 5.91 Å². The fraction of sp³-hybridized carbons (Fsp3) is 0.120. The first-order valence-electron chi connectivity index (χ1n) is 10.5. The van der Waals surface area contributed by atoms with Crippen LogP contribution in [-0.4, -0.2) is 23.5 Å². The highest BCUT2D eigenvalue weighted by molar-refractivity contribution is 7.18. The van der Waals surface area contributed by atoms with E-state index in [-0.39, 0.29) is 18.1 Å². The number of nitrogens with zero attached hydrogens (tertiary/aromatic N) is 2. The van der Waals surface area contributed by atoms with E-state index in [4.69, 9.17) is 4.74 Å². The molecule has 0 atom stereocenters. The van der Waals surface area contributed by atoms with Gasteiger partial charge >= 0.3 is 5.97 Å². The van der Waals surface area contributed by atoms with E-state index in [0.717, 1.165) is 21.9 Å². The predicted molar refractivity (Wildman–Crippen MR) is 142 cm³/mol. The zero-order valence-electron chi connectivity index (χ0n) is 18.8. The summed E-state index contributed by atoms with van der Waals surface area (Å²) in [5, 5.41) is 20.5. The summed E-state index contributed by atoms with van der Waals surface area (Å²) in [6, 6.07) is 15.2. The van der Waals surface area contributed by atoms with E-state index in [1.807, 2.05) is 41.1 Å². The number of thiophene rings is 2. The largest absolute Gasteiger partial charge is 0.462 e. The number of nitriles is 1. The molecular weight excluding hydrogens is 501 g/mol. The van der Waals surface area contributed by atoms with Crippen molar-refractivity contribution in [3.63, 3.8) is 0 Å². The number of ether oxygens (including phenoxy) is 1. The quantitative estimate of drug-likeness (QED) is 0.199. The molecule has 0 saturated heterocycles. The van der Waals surface area contributed by atoms with Gasteiger partial charge in [-0.3, -0.25) is 4.79 Å². The summed E-state index contributed by atoms with van der Waals surface area (Å²) >= 11 is 4.06. The average Bonchev–Trinajstić information content (AvgIpc) is 3.61. The number of thiazole rings is 1. The Balaban J connectivity index is 1.64. The number of esters is 1. The van der Waals surface area contributed by atoms with E-state index in [0.29, 0.717) is 31.7 Å². The van der Waals surface area contributed by atoms with Crippen molar-refractivity contribution in [2.75, 3.05) is 17.2 Å². The van der Waals surface area contributed by atoms with Crippen LogP contribution in [0.3, 0.4) is 0 Å². The number of allylic oxidation sites excluding steroid dienone is 1. The maximum atomic E-state index is 13.0. The Kier molecular flexibility index (Phi) is 7.72. The Morgan fingerprint density at radius 3 is 2.66 bits per heavy atom. The van der Waals surface area contributed by atoms with Crippen LogP contribution >= 0.6 is 34.0 Å². The van der Waals surface area contributed by atoms with Crippen LogP contribution < -0.4 is 10.6 Å². The minimum absolute atomic E-state index is 0.197. The van der Waals surface area contributed by atoms with E-state index < -0.39 is 5.97 Å². The van der Waals surface area contributed by atoms with Gasteiger partial charge < -0.3 is 15.4 Å². The Hall–Kier alpha value is -3.78. The number of benzene rings is 1. The minimum atomic E-state index is -0.538. The summed E-state index contributed by atoms with van der Waals surface area (Å²) in [4.78, 5) is 31.6. The number of carbonyl (C=O) groups excluding carboxylic acids is 2. The maximum Gasteiger partial charge on any atom is 0.341 e. The highest BCUT2D eigenvalue weighted by Gasteiger charge is 2.25. The van der Waals surface area contributed by atoms with Gasteiger partial charge in [-0.15, -0.1) is 34.0 Å². The molecule has 2 N–H and O–H groups in total. The molecule has 0 aliphatic carbocycles. The molecule has 0 aliphatic heterocycles. The van der Waals surface area contributed by atoms with Crippen molar-refractivity contribution in [3.8, 4) is 16.6 Å². The molecule has 35 heavy (non-hydrogen) atoms. The molecule has 1 aromatic carbocycles. The molecule has 0 unspecified atom stereocenters. The van der Waals surface area contributed by atoms with Crippen LogP contribution in [0, 0.1) is 18.3 Å². The van der Waals surface area contributed by atoms with E-state index in [1.54, 1.807) is 37.3 Å². The summed E-state index contributed by atoms with van der Waals surface area (Å²) in [5.41, 5.74) is 2.54. The molecule has 10 heteroatoms. The summed E-state index contributed by atoms with van der Waals surface area (Å²) < 4.78 is 5.22. The number of nitrogens with one attached hydrogen (secondary N) is 2. The van der Waals surface area contributed by atoms with Crippen LogP contribution in [0.2, 0.25) is 0 Å². The second-order valence-electron chi connectivity index (χ2n) is 7.13. The Labute approximate surface area is 214 Å². The monoisotopic (exact) mass is 520 g/mol. The Morgan fingerprint density at radius 1 is 1.17 bits per heavy atom. The number of hydrogen-bond donors (Lipinski definition) is 2. The SMILES string of the molecule is CCOC(=O)c1c(N/C=C(/C#N)c2nc(-c3cccs3)cs2)sc(C(=O)Nc2ccccc2)c1C. The molecule has 4 rings (SSSR count). The molecule has 0 radical (unpaired) electrons. The molecule has 0 fully saturated rings. The van der Waals surface area contributed by atoms with Crippen molar-refractivity contribution in [3.05, 3.63) is 80.4 Å². The van der Waals surface area contributed by atoms with Gasteiger partial charge in [-0.2, -0.15) is 5.26 Å². The Morgan fingerprint density at radius 2 is 1.97 bits per heavy atom. The number of hydrogen-bond acceptors (Lipinski definition) is 9. The first kappa shape index (κ1) is 24.3. The van der Waals surface area contributed by atoms with Crippen LogP contribution in [0.15, 0.2) is 59.4 Å². The van der Waals surface area contributed by atoms with E-state index in [9.17, 15) is 14.9 Å². The summed E-state index contributed by atoms with van der Waals surface area (Å²) in [7, 11) is 0. The molecule has 3 aromatic heterocycles. The zero-order valence-corrected chi connectivity index (χ0v) is 21.3. The number of rotatable bonds is 8. The lowest BCUT2D eigenvalue weighted by atomic mass is 10.1. The van der Waals surface area contributed by atoms with Gasteiger partial charge in [-0.05, 0) is 43.0 Å². The van der Waals surface area contributed by atoms with Crippen LogP contribution in [0.25, 0.3) is 16.1 Å². The van der Waals surface area contributed by atoms with E-state index in [1.165, 1.54) is 17.5 Å². The highest BCUT2D eigenvalue weighted by Crippen LogP contribution is 2.35. The molecule has 0 bridgehead atoms. The normalized spacial score (nSPS) is 11.1. The van der Waals surface area contributed by atoms with Gasteiger partial charge in [0.2, 0.25) is 0 Å². The van der Waals surface area contributed by atoms with E-state index in [2.05, 4.69) is 21.7 Å². The number of carbonyl (C=O) groups is 2. The molecular formula is C25H20N4O3S3. The predicted octanol–water partition coefficient (Wildman–Crippen LogP) is 6.65. The third-order valence-corrected chi connectivity index (χ3v) is 7.83. The van der Waals surface area contributed by atoms with Crippen molar-refractivity contribution >= 4 is 62.1 Å². The molecule has 3 heterocycles. The zero-order chi connectivity index (χ0) is 24.8. The van der Waals surface area contributed by atoms with Gasteiger partial charge in [0.05, 0.1) is 27.6 Å². The fourth-order valence-electron chi connectivity index (χ4n) is 3.20. The standard InChI is InChI=1S/C25H20N4O3S3/c1-3-32-25(31)20-15(2)21(22(30)28-17-8-5-4-6-9-17)35-24(20)27-13-16(12-26)23-29-18(14-34-23)19-10-7-11-33-19/h4-11,13-14,27H,3H2,1-2H3,(H,28,30)/b16-13-. The lowest BCUT2D eigenvalue weighted by molar-refractivity contribution is 0.0527. The molecule has 0 saturated carbocycles. The van der Waals surface area contributed by atoms with Gasteiger partial charge in [0.15, 0.2) is 0 Å². The van der Waals surface area contributed by atoms with Crippen molar-refractivity contribution in [1.82, 2.24) is 4.98 Å². The molecule has 7 nitrogen and oxygen atoms in total. The first-order valence-corrected chi connectivity index (χ1v) is 13.1. The molecule has 176 valence electrons. The van der Waals surface area contributed by atoms with Crippen molar-refractivity contribution in [2.24, 2.45) is 0 Å². The fourth-order valence-corrected chi connectivity index (χ4v) is 5.81. The number of para-hydroxylation sites is 1. The van der Waals surface area contributed by atoms with Crippen LogP contribution in [0.1, 0.15) is 37.5 Å². The Bertz CT molecular complexity index is 1410. The second-order valence-corrected chi connectivity index (χ2v) is 9.96. The third kappa shape index (κ3) is 5.49.